The topological polar surface area (TPSA) is 73.9 Å². The zero-order chi connectivity index (χ0) is 17.2. The summed E-state index contributed by atoms with van der Waals surface area (Å²) in [7, 11) is 1.52. The number of hydrogen-bond donors (Lipinski definition) is 1. The fourth-order valence-corrected chi connectivity index (χ4v) is 1.86. The highest BCUT2D eigenvalue weighted by molar-refractivity contribution is 5.83. The lowest BCUT2D eigenvalue weighted by Crippen LogP contribution is -2.36. The summed E-state index contributed by atoms with van der Waals surface area (Å²) >= 11 is 0. The van der Waals surface area contributed by atoms with Crippen LogP contribution in [0.5, 0.6) is 11.5 Å². The molecule has 0 saturated heterocycles. The van der Waals surface area contributed by atoms with E-state index in [4.69, 9.17) is 14.2 Å². The zero-order valence-corrected chi connectivity index (χ0v) is 13.8. The van der Waals surface area contributed by atoms with Crippen LogP contribution in [-0.4, -0.2) is 38.2 Å². The number of nitrogens with one attached hydrogen (secondary N) is 1. The highest BCUT2D eigenvalue weighted by Crippen LogP contribution is 2.28. The van der Waals surface area contributed by atoms with Crippen LogP contribution in [0, 0.1) is 0 Å². The van der Waals surface area contributed by atoms with E-state index >= 15 is 0 Å². The van der Waals surface area contributed by atoms with Crippen LogP contribution in [-0.2, 0) is 20.7 Å². The molecule has 0 heterocycles. The Morgan fingerprint density at radius 3 is 2.70 bits per heavy atom. The first-order valence-corrected chi connectivity index (χ1v) is 7.39. The smallest absolute Gasteiger partial charge is 0.344 e. The van der Waals surface area contributed by atoms with Crippen molar-refractivity contribution < 1.29 is 23.8 Å². The number of hydrogen-bond acceptors (Lipinski definition) is 5. The predicted octanol–water partition coefficient (Wildman–Crippen LogP) is 1.87. The van der Waals surface area contributed by atoms with Crippen LogP contribution in [0.15, 0.2) is 30.9 Å². The molecular weight excluding hydrogens is 298 g/mol. The van der Waals surface area contributed by atoms with E-state index in [0.717, 1.165) is 5.56 Å². The van der Waals surface area contributed by atoms with Gasteiger partial charge in [-0.3, -0.25) is 4.79 Å². The maximum absolute atomic E-state index is 11.7. The van der Waals surface area contributed by atoms with Gasteiger partial charge in [-0.1, -0.05) is 12.1 Å². The monoisotopic (exact) mass is 321 g/mol. The second-order valence-electron chi connectivity index (χ2n) is 4.79. The van der Waals surface area contributed by atoms with Crippen molar-refractivity contribution in [2.24, 2.45) is 0 Å². The fourth-order valence-electron chi connectivity index (χ4n) is 1.86. The number of carbonyl (C=O) groups excluding carboxylic acids is 2. The fraction of sp³-hybridized carbons (Fsp3) is 0.412. The summed E-state index contributed by atoms with van der Waals surface area (Å²) in [4.78, 5) is 23.2. The molecule has 6 heteroatoms. The first-order valence-electron chi connectivity index (χ1n) is 7.39. The van der Waals surface area contributed by atoms with Crippen molar-refractivity contribution in [3.05, 3.63) is 36.4 Å². The number of methoxy groups -OCH3 is 1. The van der Waals surface area contributed by atoms with Gasteiger partial charge in [0, 0.05) is 6.54 Å². The van der Waals surface area contributed by atoms with Crippen LogP contribution in [0.4, 0.5) is 0 Å². The third-order valence-corrected chi connectivity index (χ3v) is 2.98. The Kier molecular flexibility index (Phi) is 7.66. The van der Waals surface area contributed by atoms with Crippen molar-refractivity contribution in [3.8, 4) is 11.5 Å². The van der Waals surface area contributed by atoms with Gasteiger partial charge in [-0.2, -0.15) is 0 Å². The number of allylic oxidation sites excluding steroid dienone is 1. The third-order valence-electron chi connectivity index (χ3n) is 2.98. The minimum absolute atomic E-state index is 0.305. The molecule has 0 aromatic heterocycles. The van der Waals surface area contributed by atoms with Crippen molar-refractivity contribution in [3.63, 3.8) is 0 Å². The Hall–Kier alpha value is -2.50. The van der Waals surface area contributed by atoms with Crippen molar-refractivity contribution >= 4 is 11.9 Å². The number of carbonyl (C=O) groups is 2. The maximum atomic E-state index is 11.7. The number of rotatable bonds is 9. The molecule has 1 N–H and O–H groups in total. The molecule has 0 saturated carbocycles. The van der Waals surface area contributed by atoms with Crippen LogP contribution in [0.25, 0.3) is 0 Å². The van der Waals surface area contributed by atoms with Gasteiger partial charge >= 0.3 is 5.97 Å². The highest BCUT2D eigenvalue weighted by Gasteiger charge is 2.17. The van der Waals surface area contributed by atoms with Gasteiger partial charge in [0.1, 0.15) is 0 Å². The molecule has 0 aliphatic heterocycles. The second kappa shape index (κ2) is 9.50. The van der Waals surface area contributed by atoms with E-state index in [0.29, 0.717) is 24.5 Å². The van der Waals surface area contributed by atoms with Gasteiger partial charge in [0.15, 0.2) is 24.2 Å². The molecule has 1 atom stereocenters. The van der Waals surface area contributed by atoms with Crippen LogP contribution < -0.4 is 14.8 Å². The Bertz CT molecular complexity index is 556. The average Bonchev–Trinajstić information content (AvgIpc) is 2.53. The van der Waals surface area contributed by atoms with Crippen LogP contribution in [0.1, 0.15) is 19.4 Å². The van der Waals surface area contributed by atoms with E-state index < -0.39 is 12.1 Å². The summed E-state index contributed by atoms with van der Waals surface area (Å²) < 4.78 is 15.6. The van der Waals surface area contributed by atoms with Gasteiger partial charge in [-0.25, -0.2) is 4.79 Å². The molecule has 1 aromatic rings. The van der Waals surface area contributed by atoms with Gasteiger partial charge in [0.2, 0.25) is 0 Å². The number of esters is 1. The largest absolute Gasteiger partial charge is 0.493 e. The molecule has 23 heavy (non-hydrogen) atoms. The van der Waals surface area contributed by atoms with E-state index in [9.17, 15) is 9.59 Å². The Morgan fingerprint density at radius 1 is 1.35 bits per heavy atom. The van der Waals surface area contributed by atoms with E-state index in [1.165, 1.54) is 14.0 Å². The molecule has 0 unspecified atom stereocenters. The number of ether oxygens (including phenoxy) is 3. The molecule has 1 rings (SSSR count). The summed E-state index contributed by atoms with van der Waals surface area (Å²) in [6.45, 7) is 7.15. The lowest BCUT2D eigenvalue weighted by molar-refractivity contribution is -0.156. The molecular formula is C17H23NO5. The quantitative estimate of drug-likeness (QED) is 0.555. The lowest BCUT2D eigenvalue weighted by atomic mass is 10.1. The minimum Gasteiger partial charge on any atom is -0.493 e. The normalized spacial score (nSPS) is 11.3. The van der Waals surface area contributed by atoms with E-state index in [-0.39, 0.29) is 12.5 Å². The molecule has 126 valence electrons. The summed E-state index contributed by atoms with van der Waals surface area (Å²) in [5.74, 6) is -0.00923. The number of benzene rings is 1. The summed E-state index contributed by atoms with van der Waals surface area (Å²) in [5.41, 5.74) is 1.02. The van der Waals surface area contributed by atoms with Crippen LogP contribution >= 0.6 is 0 Å². The summed E-state index contributed by atoms with van der Waals surface area (Å²) in [6, 6.07) is 5.40. The summed E-state index contributed by atoms with van der Waals surface area (Å²) in [5, 5.41) is 2.58. The first kappa shape index (κ1) is 18.5. The second-order valence-corrected chi connectivity index (χ2v) is 4.79. The number of likely N-dealkylation sites (N-methyl/N-ethyl adjacent to an activating group) is 1. The molecule has 1 aromatic carbocycles. The number of amides is 1. The molecule has 0 aliphatic rings. The molecule has 1 amide bonds. The molecule has 0 radical (unpaired) electrons. The maximum Gasteiger partial charge on any atom is 0.344 e. The van der Waals surface area contributed by atoms with Crippen molar-refractivity contribution in [1.82, 2.24) is 5.32 Å². The molecule has 0 spiro atoms. The average molecular weight is 321 g/mol. The first-order chi connectivity index (χ1) is 11.0. The predicted molar refractivity (Wildman–Crippen MR) is 86.6 cm³/mol. The standard InChI is InChI=1S/C17H23NO5/c1-5-7-13-8-9-14(15(10-13)21-4)22-11-16(19)23-12(3)17(20)18-6-2/h5,8-10,12H,1,6-7,11H2,2-4H3,(H,18,20)/t12-/m1/s1. The molecule has 0 fully saturated rings. The molecule has 0 bridgehead atoms. The summed E-state index contributed by atoms with van der Waals surface area (Å²) in [6.07, 6.45) is 1.64. The van der Waals surface area contributed by atoms with E-state index in [1.807, 2.05) is 12.1 Å². The lowest BCUT2D eigenvalue weighted by Gasteiger charge is -2.14. The van der Waals surface area contributed by atoms with Crippen LogP contribution in [0.2, 0.25) is 0 Å². The van der Waals surface area contributed by atoms with Gasteiger partial charge in [-0.15, -0.1) is 6.58 Å². The van der Waals surface area contributed by atoms with Crippen LogP contribution in [0.3, 0.4) is 0 Å². The van der Waals surface area contributed by atoms with Crippen molar-refractivity contribution in [1.29, 1.82) is 0 Å². The zero-order valence-electron chi connectivity index (χ0n) is 13.8. The Balaban J connectivity index is 2.58. The van der Waals surface area contributed by atoms with Crippen molar-refractivity contribution in [2.75, 3.05) is 20.3 Å². The Morgan fingerprint density at radius 2 is 2.09 bits per heavy atom. The van der Waals surface area contributed by atoms with E-state index in [1.54, 1.807) is 19.1 Å². The molecule has 6 nitrogen and oxygen atoms in total. The van der Waals surface area contributed by atoms with Crippen molar-refractivity contribution in [2.45, 2.75) is 26.4 Å². The molecule has 0 aliphatic carbocycles. The Labute approximate surface area is 136 Å². The van der Waals surface area contributed by atoms with Gasteiger partial charge < -0.3 is 19.5 Å². The van der Waals surface area contributed by atoms with Gasteiger partial charge in [0.25, 0.3) is 5.91 Å². The highest BCUT2D eigenvalue weighted by atomic mass is 16.6. The third kappa shape index (κ3) is 6.02. The van der Waals surface area contributed by atoms with Gasteiger partial charge in [-0.05, 0) is 38.0 Å². The van der Waals surface area contributed by atoms with Gasteiger partial charge in [0.05, 0.1) is 7.11 Å². The van der Waals surface area contributed by atoms with E-state index in [2.05, 4.69) is 11.9 Å². The minimum atomic E-state index is -0.858. The SMILES string of the molecule is C=CCc1ccc(OCC(=O)O[C@H](C)C(=O)NCC)c(OC)c1.